The third kappa shape index (κ3) is 3.28. The lowest BCUT2D eigenvalue weighted by molar-refractivity contribution is -0.153. The third-order valence-electron chi connectivity index (χ3n) is 1.48. The van der Waals surface area contributed by atoms with Gasteiger partial charge < -0.3 is 4.74 Å². The molecule has 0 aliphatic heterocycles. The Bertz CT molecular complexity index is 324. The summed E-state index contributed by atoms with van der Waals surface area (Å²) in [6, 6.07) is 3.75. The van der Waals surface area contributed by atoms with Crippen LogP contribution < -0.4 is 10.2 Å². The number of hydrogen-bond acceptors (Lipinski definition) is 1. The van der Waals surface area contributed by atoms with E-state index in [1.165, 1.54) is 12.1 Å². The second kappa shape index (κ2) is 3.90. The van der Waals surface area contributed by atoms with E-state index < -0.39 is 18.6 Å². The fourth-order valence-corrected chi connectivity index (χ4v) is 0.881. The predicted molar refractivity (Wildman–Crippen MR) is 46.1 cm³/mol. The van der Waals surface area contributed by atoms with Crippen LogP contribution in [0.1, 0.15) is 0 Å². The zero-order valence-corrected chi connectivity index (χ0v) is 7.36. The molecular formula is C8H7BF4O. The SMILES string of the molecule is Bc1ccc(F)c(OCC(F)(F)F)c1. The van der Waals surface area contributed by atoms with Crippen LogP contribution in [0.3, 0.4) is 0 Å². The van der Waals surface area contributed by atoms with Crippen LogP contribution in [-0.4, -0.2) is 20.6 Å². The first kappa shape index (κ1) is 10.9. The van der Waals surface area contributed by atoms with Gasteiger partial charge in [0.15, 0.2) is 18.2 Å². The molecule has 0 N–H and O–H groups in total. The summed E-state index contributed by atoms with van der Waals surface area (Å²) < 4.78 is 52.3. The Morgan fingerprint density at radius 3 is 2.50 bits per heavy atom. The van der Waals surface area contributed by atoms with Crippen molar-refractivity contribution in [3.63, 3.8) is 0 Å². The van der Waals surface area contributed by atoms with Gasteiger partial charge in [0.1, 0.15) is 7.85 Å². The number of halogens is 4. The molecule has 0 heterocycles. The maximum atomic E-state index is 12.9. The Kier molecular flexibility index (Phi) is 3.03. The van der Waals surface area contributed by atoms with Crippen molar-refractivity contribution >= 4 is 13.3 Å². The van der Waals surface area contributed by atoms with Crippen LogP contribution in [-0.2, 0) is 0 Å². The van der Waals surface area contributed by atoms with Crippen molar-refractivity contribution in [2.24, 2.45) is 0 Å². The average Bonchev–Trinajstić information content (AvgIpc) is 2.05. The molecule has 1 nitrogen and oxygen atoms in total. The van der Waals surface area contributed by atoms with Gasteiger partial charge in [-0.3, -0.25) is 0 Å². The Hall–Kier alpha value is -1.20. The van der Waals surface area contributed by atoms with Crippen molar-refractivity contribution in [3.8, 4) is 5.75 Å². The van der Waals surface area contributed by atoms with Crippen LogP contribution in [0.4, 0.5) is 17.6 Å². The standard InChI is InChI=1S/C8H7BF4O/c9-5-1-2-6(10)7(3-5)14-4-8(11,12)13/h1-3H,4,9H2. The molecule has 14 heavy (non-hydrogen) atoms. The highest BCUT2D eigenvalue weighted by atomic mass is 19.4. The zero-order chi connectivity index (χ0) is 10.8. The van der Waals surface area contributed by atoms with E-state index in [1.807, 2.05) is 0 Å². The molecule has 76 valence electrons. The Morgan fingerprint density at radius 2 is 1.93 bits per heavy atom. The normalized spacial score (nSPS) is 11.4. The van der Waals surface area contributed by atoms with Crippen LogP contribution in [0.5, 0.6) is 5.75 Å². The van der Waals surface area contributed by atoms with Gasteiger partial charge in [0, 0.05) is 0 Å². The first-order valence-electron chi connectivity index (χ1n) is 3.84. The van der Waals surface area contributed by atoms with Gasteiger partial charge in [0.25, 0.3) is 0 Å². The highest BCUT2D eigenvalue weighted by Gasteiger charge is 2.28. The Morgan fingerprint density at radius 1 is 1.29 bits per heavy atom. The Labute approximate surface area is 79.1 Å². The molecule has 1 rings (SSSR count). The van der Waals surface area contributed by atoms with Gasteiger partial charge in [-0.1, -0.05) is 11.5 Å². The number of hydrogen-bond donors (Lipinski definition) is 0. The molecule has 0 bridgehead atoms. The van der Waals surface area contributed by atoms with E-state index in [2.05, 4.69) is 4.74 Å². The maximum Gasteiger partial charge on any atom is 0.422 e. The highest BCUT2D eigenvalue weighted by molar-refractivity contribution is 6.32. The quantitative estimate of drug-likeness (QED) is 0.518. The summed E-state index contributed by atoms with van der Waals surface area (Å²) >= 11 is 0. The smallest absolute Gasteiger partial charge is 0.422 e. The first-order valence-corrected chi connectivity index (χ1v) is 3.84. The van der Waals surface area contributed by atoms with Gasteiger partial charge in [0.2, 0.25) is 0 Å². The molecule has 0 aliphatic carbocycles. The molecule has 0 saturated carbocycles. The molecule has 0 radical (unpaired) electrons. The molecular weight excluding hydrogens is 199 g/mol. The molecule has 0 spiro atoms. The number of benzene rings is 1. The first-order chi connectivity index (χ1) is 6.38. The Balaban J connectivity index is 2.72. The van der Waals surface area contributed by atoms with Gasteiger partial charge in [-0.15, -0.1) is 0 Å². The molecule has 1 aromatic carbocycles. The number of ether oxygens (including phenoxy) is 1. The lowest BCUT2D eigenvalue weighted by Gasteiger charge is -2.10. The average molecular weight is 206 g/mol. The van der Waals surface area contributed by atoms with Gasteiger partial charge >= 0.3 is 6.18 Å². The minimum atomic E-state index is -4.45. The summed E-state index contributed by atoms with van der Waals surface area (Å²) in [7, 11) is 1.64. The van der Waals surface area contributed by atoms with Crippen LogP contribution in [0.15, 0.2) is 18.2 Å². The summed E-state index contributed by atoms with van der Waals surface area (Å²) in [4.78, 5) is 0. The number of alkyl halides is 3. The van der Waals surface area contributed by atoms with E-state index in [0.29, 0.717) is 5.46 Å². The molecule has 0 unspecified atom stereocenters. The van der Waals surface area contributed by atoms with Crippen LogP contribution >= 0.6 is 0 Å². The lowest BCUT2D eigenvalue weighted by Crippen LogP contribution is -2.20. The van der Waals surface area contributed by atoms with Crippen molar-refractivity contribution in [2.75, 3.05) is 6.61 Å². The minimum Gasteiger partial charge on any atom is -0.481 e. The maximum absolute atomic E-state index is 12.9. The van der Waals surface area contributed by atoms with E-state index >= 15 is 0 Å². The molecule has 0 saturated heterocycles. The number of rotatable bonds is 2. The molecule has 0 amide bonds. The second-order valence-electron chi connectivity index (χ2n) is 2.84. The zero-order valence-electron chi connectivity index (χ0n) is 7.36. The van der Waals surface area contributed by atoms with E-state index in [0.717, 1.165) is 6.07 Å². The summed E-state index contributed by atoms with van der Waals surface area (Å²) in [6.07, 6.45) is -4.45. The van der Waals surface area contributed by atoms with Crippen molar-refractivity contribution in [1.82, 2.24) is 0 Å². The van der Waals surface area contributed by atoms with Crippen molar-refractivity contribution in [3.05, 3.63) is 24.0 Å². The molecule has 0 fully saturated rings. The van der Waals surface area contributed by atoms with Crippen molar-refractivity contribution in [2.45, 2.75) is 6.18 Å². The molecule has 0 atom stereocenters. The van der Waals surface area contributed by atoms with Gasteiger partial charge in [-0.2, -0.15) is 13.2 Å². The van der Waals surface area contributed by atoms with Gasteiger partial charge in [-0.05, 0) is 12.1 Å². The molecule has 0 aromatic heterocycles. The molecule has 1 aromatic rings. The van der Waals surface area contributed by atoms with Crippen molar-refractivity contribution in [1.29, 1.82) is 0 Å². The van der Waals surface area contributed by atoms with Crippen molar-refractivity contribution < 1.29 is 22.3 Å². The minimum absolute atomic E-state index is 0.373. The van der Waals surface area contributed by atoms with Crippen LogP contribution in [0, 0.1) is 5.82 Å². The van der Waals surface area contributed by atoms with Gasteiger partial charge in [0.05, 0.1) is 0 Å². The summed E-state index contributed by atoms with van der Waals surface area (Å²) in [5.74, 6) is -1.16. The van der Waals surface area contributed by atoms with Crippen LogP contribution in [0.25, 0.3) is 0 Å². The van der Waals surface area contributed by atoms with E-state index in [-0.39, 0.29) is 5.75 Å². The van der Waals surface area contributed by atoms with E-state index in [9.17, 15) is 17.6 Å². The summed E-state index contributed by atoms with van der Waals surface area (Å²) in [6.45, 7) is -1.48. The monoisotopic (exact) mass is 206 g/mol. The highest BCUT2D eigenvalue weighted by Crippen LogP contribution is 2.19. The van der Waals surface area contributed by atoms with E-state index in [1.54, 1.807) is 7.85 Å². The molecule has 6 heteroatoms. The van der Waals surface area contributed by atoms with Gasteiger partial charge in [-0.25, -0.2) is 4.39 Å². The topological polar surface area (TPSA) is 9.23 Å². The fourth-order valence-electron chi connectivity index (χ4n) is 0.881. The third-order valence-corrected chi connectivity index (χ3v) is 1.48. The summed E-state index contributed by atoms with van der Waals surface area (Å²) in [5.41, 5.74) is 0.642. The predicted octanol–water partition coefficient (Wildman–Crippen LogP) is 1.03. The second-order valence-corrected chi connectivity index (χ2v) is 2.84. The lowest BCUT2D eigenvalue weighted by atomic mass is 9.96. The fraction of sp³-hybridized carbons (Fsp3) is 0.250. The summed E-state index contributed by atoms with van der Waals surface area (Å²) in [5, 5.41) is 0. The molecule has 0 aliphatic rings. The van der Waals surface area contributed by atoms with Crippen LogP contribution in [0.2, 0.25) is 0 Å². The van der Waals surface area contributed by atoms with E-state index in [4.69, 9.17) is 0 Å². The largest absolute Gasteiger partial charge is 0.481 e.